The minimum atomic E-state index is -0.469. The topological polar surface area (TPSA) is 81.0 Å². The fourth-order valence-electron chi connectivity index (χ4n) is 1.43. The van der Waals surface area contributed by atoms with E-state index in [0.29, 0.717) is 16.7 Å². The van der Waals surface area contributed by atoms with E-state index >= 15 is 0 Å². The number of nitro groups is 1. The molecule has 0 saturated carbocycles. The third-order valence-electron chi connectivity index (χ3n) is 2.27. The summed E-state index contributed by atoms with van der Waals surface area (Å²) in [6.45, 7) is 0.456. The summed E-state index contributed by atoms with van der Waals surface area (Å²) in [7, 11) is 0. The van der Waals surface area contributed by atoms with Crippen molar-refractivity contribution in [3.05, 3.63) is 57.1 Å². The zero-order valence-corrected chi connectivity index (χ0v) is 10.8. The Morgan fingerprint density at radius 2 is 2.17 bits per heavy atom. The number of rotatable bonds is 4. The molecule has 0 amide bonds. The molecule has 2 aromatic rings. The Morgan fingerprint density at radius 1 is 1.33 bits per heavy atom. The molecular weight excluding hydrogens is 300 g/mol. The number of aromatic nitrogens is 2. The Labute approximate surface area is 111 Å². The van der Waals surface area contributed by atoms with Crippen LogP contribution in [0, 0.1) is 10.1 Å². The SMILES string of the molecule is O=[N+]([O-])c1cncc(Br)c1NCc1cccnc1. The molecule has 1 N–H and O–H groups in total. The quantitative estimate of drug-likeness (QED) is 0.694. The van der Waals surface area contributed by atoms with E-state index in [-0.39, 0.29) is 5.69 Å². The van der Waals surface area contributed by atoms with Gasteiger partial charge in [0.2, 0.25) is 0 Å². The van der Waals surface area contributed by atoms with Crippen LogP contribution in [0.3, 0.4) is 0 Å². The van der Waals surface area contributed by atoms with Crippen LogP contribution >= 0.6 is 15.9 Å². The number of anilines is 1. The molecule has 2 rings (SSSR count). The average molecular weight is 309 g/mol. The maximum atomic E-state index is 10.9. The summed E-state index contributed by atoms with van der Waals surface area (Å²) in [6.07, 6.45) is 6.11. The minimum absolute atomic E-state index is 0.0618. The van der Waals surface area contributed by atoms with Crippen LogP contribution < -0.4 is 5.32 Å². The monoisotopic (exact) mass is 308 g/mol. The zero-order chi connectivity index (χ0) is 13.0. The van der Waals surface area contributed by atoms with Crippen molar-refractivity contribution in [1.29, 1.82) is 0 Å². The van der Waals surface area contributed by atoms with Gasteiger partial charge in [-0.05, 0) is 27.6 Å². The highest BCUT2D eigenvalue weighted by Crippen LogP contribution is 2.31. The predicted octanol–water partition coefficient (Wildman–Crippen LogP) is 2.76. The van der Waals surface area contributed by atoms with Gasteiger partial charge >= 0.3 is 5.69 Å². The molecule has 0 unspecified atom stereocenters. The van der Waals surface area contributed by atoms with Crippen LogP contribution in [0.1, 0.15) is 5.56 Å². The third kappa shape index (κ3) is 2.80. The first-order chi connectivity index (χ1) is 8.68. The summed E-state index contributed by atoms with van der Waals surface area (Å²) < 4.78 is 0.556. The fraction of sp³-hybridized carbons (Fsp3) is 0.0909. The second-order valence-electron chi connectivity index (χ2n) is 3.49. The molecule has 2 heterocycles. The van der Waals surface area contributed by atoms with E-state index in [1.807, 2.05) is 12.1 Å². The van der Waals surface area contributed by atoms with Crippen LogP contribution in [-0.2, 0) is 6.54 Å². The minimum Gasteiger partial charge on any atom is -0.374 e. The van der Waals surface area contributed by atoms with E-state index in [9.17, 15) is 10.1 Å². The van der Waals surface area contributed by atoms with E-state index in [2.05, 4.69) is 31.2 Å². The normalized spacial score (nSPS) is 10.1. The Kier molecular flexibility index (Phi) is 3.83. The summed E-state index contributed by atoms with van der Waals surface area (Å²) in [5, 5.41) is 13.9. The molecule has 0 fully saturated rings. The van der Waals surface area contributed by atoms with Gasteiger partial charge in [0.15, 0.2) is 0 Å². The highest BCUT2D eigenvalue weighted by atomic mass is 79.9. The van der Waals surface area contributed by atoms with Gasteiger partial charge in [-0.25, -0.2) is 0 Å². The number of nitrogens with zero attached hydrogens (tertiary/aromatic N) is 3. The molecule has 0 aliphatic heterocycles. The van der Waals surface area contributed by atoms with E-state index in [4.69, 9.17) is 0 Å². The molecule has 0 saturated heterocycles. The van der Waals surface area contributed by atoms with Crippen molar-refractivity contribution >= 4 is 27.3 Å². The second-order valence-corrected chi connectivity index (χ2v) is 4.34. The number of halogens is 1. The van der Waals surface area contributed by atoms with Crippen LogP contribution in [0.25, 0.3) is 0 Å². The van der Waals surface area contributed by atoms with E-state index < -0.39 is 4.92 Å². The first kappa shape index (κ1) is 12.4. The summed E-state index contributed by atoms with van der Waals surface area (Å²) in [6, 6.07) is 3.70. The molecule has 18 heavy (non-hydrogen) atoms. The lowest BCUT2D eigenvalue weighted by Crippen LogP contribution is -2.04. The predicted molar refractivity (Wildman–Crippen MR) is 70.2 cm³/mol. The maximum absolute atomic E-state index is 10.9. The highest BCUT2D eigenvalue weighted by molar-refractivity contribution is 9.10. The van der Waals surface area contributed by atoms with Crippen molar-refractivity contribution in [3.63, 3.8) is 0 Å². The van der Waals surface area contributed by atoms with E-state index in [1.165, 1.54) is 12.4 Å². The largest absolute Gasteiger partial charge is 0.374 e. The molecule has 2 aromatic heterocycles. The second kappa shape index (κ2) is 5.54. The number of hydrogen-bond acceptors (Lipinski definition) is 5. The van der Waals surface area contributed by atoms with Crippen molar-refractivity contribution in [2.45, 2.75) is 6.54 Å². The third-order valence-corrected chi connectivity index (χ3v) is 2.87. The lowest BCUT2D eigenvalue weighted by Gasteiger charge is -2.08. The molecular formula is C11H9BrN4O2. The molecule has 0 aromatic carbocycles. The van der Waals surface area contributed by atoms with Gasteiger partial charge in [-0.1, -0.05) is 6.07 Å². The van der Waals surface area contributed by atoms with Gasteiger partial charge in [-0.3, -0.25) is 20.1 Å². The Hall–Kier alpha value is -2.02. The van der Waals surface area contributed by atoms with Gasteiger partial charge in [0.05, 0.1) is 9.40 Å². The lowest BCUT2D eigenvalue weighted by molar-refractivity contribution is -0.384. The first-order valence-corrected chi connectivity index (χ1v) is 5.88. The average Bonchev–Trinajstić information content (AvgIpc) is 2.38. The van der Waals surface area contributed by atoms with E-state index in [1.54, 1.807) is 12.4 Å². The summed E-state index contributed by atoms with van der Waals surface area (Å²) in [4.78, 5) is 18.2. The Morgan fingerprint density at radius 3 is 2.83 bits per heavy atom. The van der Waals surface area contributed by atoms with Crippen molar-refractivity contribution in [2.24, 2.45) is 0 Å². The maximum Gasteiger partial charge on any atom is 0.311 e. The van der Waals surface area contributed by atoms with Crippen LogP contribution in [-0.4, -0.2) is 14.9 Å². The van der Waals surface area contributed by atoms with Crippen molar-refractivity contribution in [3.8, 4) is 0 Å². The molecule has 6 nitrogen and oxygen atoms in total. The number of nitrogens with one attached hydrogen (secondary N) is 1. The highest BCUT2D eigenvalue weighted by Gasteiger charge is 2.16. The standard InChI is InChI=1S/C11H9BrN4O2/c12-9-6-14-7-10(16(17)18)11(9)15-5-8-2-1-3-13-4-8/h1-4,6-7H,5H2,(H,14,15). The molecule has 0 aliphatic carbocycles. The van der Waals surface area contributed by atoms with Gasteiger partial charge in [-0.2, -0.15) is 0 Å². The lowest BCUT2D eigenvalue weighted by atomic mass is 10.2. The van der Waals surface area contributed by atoms with Crippen molar-refractivity contribution in [1.82, 2.24) is 9.97 Å². The number of pyridine rings is 2. The fourth-order valence-corrected chi connectivity index (χ4v) is 1.89. The molecule has 0 radical (unpaired) electrons. The summed E-state index contributed by atoms with van der Waals surface area (Å²) in [5.41, 5.74) is 1.29. The van der Waals surface area contributed by atoms with Crippen molar-refractivity contribution < 1.29 is 4.92 Å². The summed E-state index contributed by atoms with van der Waals surface area (Å²) in [5.74, 6) is 0. The molecule has 0 bridgehead atoms. The molecule has 92 valence electrons. The van der Waals surface area contributed by atoms with Crippen molar-refractivity contribution in [2.75, 3.05) is 5.32 Å². The van der Waals surface area contributed by atoms with Crippen LogP contribution in [0.5, 0.6) is 0 Å². The summed E-state index contributed by atoms with van der Waals surface area (Å²) >= 11 is 3.24. The van der Waals surface area contributed by atoms with Crippen LogP contribution in [0.15, 0.2) is 41.4 Å². The van der Waals surface area contributed by atoms with Gasteiger partial charge in [0, 0.05) is 25.1 Å². The van der Waals surface area contributed by atoms with E-state index in [0.717, 1.165) is 5.56 Å². The zero-order valence-electron chi connectivity index (χ0n) is 9.21. The molecule has 0 spiro atoms. The number of hydrogen-bond donors (Lipinski definition) is 1. The molecule has 7 heteroatoms. The van der Waals surface area contributed by atoms with Crippen LogP contribution in [0.4, 0.5) is 11.4 Å². The smallest absolute Gasteiger partial charge is 0.311 e. The first-order valence-electron chi connectivity index (χ1n) is 5.09. The van der Waals surface area contributed by atoms with Gasteiger partial charge in [0.25, 0.3) is 0 Å². The molecule has 0 aliphatic rings. The van der Waals surface area contributed by atoms with Gasteiger partial charge in [0.1, 0.15) is 11.9 Å². The Balaban J connectivity index is 2.21. The molecule has 0 atom stereocenters. The van der Waals surface area contributed by atoms with Gasteiger partial charge < -0.3 is 5.32 Å². The Bertz CT molecular complexity index is 562. The van der Waals surface area contributed by atoms with Crippen LogP contribution in [0.2, 0.25) is 0 Å². The van der Waals surface area contributed by atoms with Gasteiger partial charge in [-0.15, -0.1) is 0 Å².